The third kappa shape index (κ3) is 7.26. The second-order valence-electron chi connectivity index (χ2n) is 4.53. The maximum Gasteiger partial charge on any atom is 0.0793 e. The molecule has 5 heteroatoms. The first-order valence-electron chi connectivity index (χ1n) is 6.46. The van der Waals surface area contributed by atoms with Crippen LogP contribution >= 0.6 is 11.8 Å². The summed E-state index contributed by atoms with van der Waals surface area (Å²) in [5.41, 5.74) is 0. The van der Waals surface area contributed by atoms with E-state index in [0.29, 0.717) is 0 Å². The van der Waals surface area contributed by atoms with Crippen molar-refractivity contribution in [3.63, 3.8) is 0 Å². The minimum Gasteiger partial charge on any atom is -0.390 e. The van der Waals surface area contributed by atoms with Crippen molar-refractivity contribution in [2.75, 3.05) is 64.5 Å². The highest BCUT2D eigenvalue weighted by Gasteiger charge is 2.15. The van der Waals surface area contributed by atoms with Gasteiger partial charge in [0.15, 0.2) is 0 Å². The van der Waals surface area contributed by atoms with Gasteiger partial charge in [-0.1, -0.05) is 6.92 Å². The lowest BCUT2D eigenvalue weighted by atomic mass is 10.3. The average molecular weight is 262 g/mol. The molecule has 1 saturated heterocycles. The van der Waals surface area contributed by atoms with Crippen LogP contribution in [0.2, 0.25) is 0 Å². The van der Waals surface area contributed by atoms with Crippen LogP contribution in [-0.2, 0) is 4.74 Å². The number of hydrogen-bond donors (Lipinski definition) is 1. The standard InChI is InChI=1S/C12H26N2O2S/c1-3-17-9-6-13(2)10-12(15)11-14-4-7-16-8-5-14/h12,15H,3-11H2,1-2H3. The molecule has 0 bridgehead atoms. The minimum absolute atomic E-state index is 0.246. The molecule has 0 amide bonds. The number of rotatable bonds is 8. The van der Waals surface area contributed by atoms with E-state index in [1.807, 2.05) is 11.8 Å². The topological polar surface area (TPSA) is 35.9 Å². The molecule has 1 atom stereocenters. The van der Waals surface area contributed by atoms with Gasteiger partial charge in [-0.3, -0.25) is 4.90 Å². The van der Waals surface area contributed by atoms with E-state index in [2.05, 4.69) is 23.8 Å². The highest BCUT2D eigenvalue weighted by Crippen LogP contribution is 2.02. The zero-order valence-corrected chi connectivity index (χ0v) is 11.9. The minimum atomic E-state index is -0.246. The van der Waals surface area contributed by atoms with Gasteiger partial charge in [-0.2, -0.15) is 11.8 Å². The molecule has 0 aromatic rings. The normalized spacial score (nSPS) is 19.8. The van der Waals surface area contributed by atoms with Gasteiger partial charge in [-0.15, -0.1) is 0 Å². The van der Waals surface area contributed by atoms with Crippen molar-refractivity contribution >= 4 is 11.8 Å². The molecule has 1 heterocycles. The van der Waals surface area contributed by atoms with Crippen LogP contribution in [0.25, 0.3) is 0 Å². The van der Waals surface area contributed by atoms with Gasteiger partial charge < -0.3 is 14.7 Å². The van der Waals surface area contributed by atoms with E-state index < -0.39 is 0 Å². The molecule has 1 unspecified atom stereocenters. The second kappa shape index (κ2) is 9.16. The molecule has 0 saturated carbocycles. The number of hydrogen-bond acceptors (Lipinski definition) is 5. The molecule has 1 fully saturated rings. The smallest absolute Gasteiger partial charge is 0.0793 e. The summed E-state index contributed by atoms with van der Waals surface area (Å²) in [5, 5.41) is 10.00. The Bertz CT molecular complexity index is 189. The van der Waals surface area contributed by atoms with E-state index in [1.54, 1.807) is 0 Å². The summed E-state index contributed by atoms with van der Waals surface area (Å²) in [6.45, 7) is 8.27. The van der Waals surface area contributed by atoms with Crippen molar-refractivity contribution in [1.29, 1.82) is 0 Å². The Morgan fingerprint density at radius 3 is 2.76 bits per heavy atom. The number of aliphatic hydroxyl groups is 1. The maximum atomic E-state index is 10.00. The van der Waals surface area contributed by atoms with Crippen LogP contribution in [-0.4, -0.2) is 85.5 Å². The molecule has 4 nitrogen and oxygen atoms in total. The molecule has 17 heavy (non-hydrogen) atoms. The number of thioether (sulfide) groups is 1. The van der Waals surface area contributed by atoms with Crippen LogP contribution < -0.4 is 0 Å². The van der Waals surface area contributed by atoms with Crippen molar-refractivity contribution < 1.29 is 9.84 Å². The molecule has 0 aliphatic carbocycles. The van der Waals surface area contributed by atoms with Crippen molar-refractivity contribution in [2.24, 2.45) is 0 Å². The van der Waals surface area contributed by atoms with Crippen LogP contribution in [0.3, 0.4) is 0 Å². The molecular formula is C12H26N2O2S. The van der Waals surface area contributed by atoms with Gasteiger partial charge in [0.2, 0.25) is 0 Å². The fourth-order valence-electron chi connectivity index (χ4n) is 1.96. The van der Waals surface area contributed by atoms with Gasteiger partial charge in [0.05, 0.1) is 19.3 Å². The monoisotopic (exact) mass is 262 g/mol. The van der Waals surface area contributed by atoms with Gasteiger partial charge in [-0.25, -0.2) is 0 Å². The van der Waals surface area contributed by atoms with Crippen LogP contribution in [0.1, 0.15) is 6.92 Å². The van der Waals surface area contributed by atoms with Gasteiger partial charge in [-0.05, 0) is 12.8 Å². The first-order chi connectivity index (χ1) is 8.22. The first kappa shape index (κ1) is 15.2. The zero-order chi connectivity index (χ0) is 12.5. The van der Waals surface area contributed by atoms with E-state index in [0.717, 1.165) is 51.7 Å². The number of ether oxygens (including phenoxy) is 1. The summed E-state index contributed by atoms with van der Waals surface area (Å²) in [4.78, 5) is 4.50. The highest BCUT2D eigenvalue weighted by atomic mass is 32.2. The van der Waals surface area contributed by atoms with Crippen LogP contribution in [0.15, 0.2) is 0 Å². The number of aliphatic hydroxyl groups excluding tert-OH is 1. The molecule has 102 valence electrons. The number of morpholine rings is 1. The fourth-order valence-corrected chi connectivity index (χ4v) is 2.68. The van der Waals surface area contributed by atoms with E-state index in [1.165, 1.54) is 5.75 Å². The van der Waals surface area contributed by atoms with Gasteiger partial charge >= 0.3 is 0 Å². The van der Waals surface area contributed by atoms with Crippen LogP contribution in [0.5, 0.6) is 0 Å². The number of nitrogens with zero attached hydrogens (tertiary/aromatic N) is 2. The summed E-state index contributed by atoms with van der Waals surface area (Å²) in [7, 11) is 2.08. The Kier molecular flexibility index (Phi) is 8.22. The van der Waals surface area contributed by atoms with Gasteiger partial charge in [0.1, 0.15) is 0 Å². The first-order valence-corrected chi connectivity index (χ1v) is 7.62. The molecule has 1 rings (SSSR count). The van der Waals surface area contributed by atoms with Crippen molar-refractivity contribution in [3.8, 4) is 0 Å². The zero-order valence-electron chi connectivity index (χ0n) is 11.1. The lowest BCUT2D eigenvalue weighted by Gasteiger charge is -2.30. The Morgan fingerprint density at radius 1 is 1.41 bits per heavy atom. The second-order valence-corrected chi connectivity index (χ2v) is 5.92. The number of β-amino-alcohol motifs (C(OH)–C–C–N with tert-alkyl or cyclic N) is 1. The van der Waals surface area contributed by atoms with Gasteiger partial charge in [0, 0.05) is 38.5 Å². The Labute approximate surface area is 109 Å². The maximum absolute atomic E-state index is 10.00. The molecule has 1 N–H and O–H groups in total. The Hall–Kier alpha value is 0.190. The molecule has 0 spiro atoms. The molecular weight excluding hydrogens is 236 g/mol. The molecule has 0 aromatic heterocycles. The predicted octanol–water partition coefficient (Wildman–Crippen LogP) is 0.364. The largest absolute Gasteiger partial charge is 0.390 e. The predicted molar refractivity (Wildman–Crippen MR) is 73.8 cm³/mol. The van der Waals surface area contributed by atoms with Crippen LogP contribution in [0.4, 0.5) is 0 Å². The molecule has 0 aromatic carbocycles. The van der Waals surface area contributed by atoms with Crippen molar-refractivity contribution in [2.45, 2.75) is 13.0 Å². The molecule has 1 aliphatic rings. The highest BCUT2D eigenvalue weighted by molar-refractivity contribution is 7.99. The summed E-state index contributed by atoms with van der Waals surface area (Å²) < 4.78 is 5.29. The Morgan fingerprint density at radius 2 is 2.12 bits per heavy atom. The lowest BCUT2D eigenvalue weighted by molar-refractivity contribution is 0.00907. The van der Waals surface area contributed by atoms with E-state index >= 15 is 0 Å². The average Bonchev–Trinajstić information content (AvgIpc) is 2.30. The summed E-state index contributed by atoms with van der Waals surface area (Å²) in [6, 6.07) is 0. The van der Waals surface area contributed by atoms with E-state index in [-0.39, 0.29) is 6.10 Å². The Balaban J connectivity index is 2.07. The van der Waals surface area contributed by atoms with E-state index in [4.69, 9.17) is 4.74 Å². The molecule has 0 radical (unpaired) electrons. The van der Waals surface area contributed by atoms with Crippen LogP contribution in [0, 0.1) is 0 Å². The third-order valence-corrected chi connectivity index (χ3v) is 3.80. The number of likely N-dealkylation sites (N-methyl/N-ethyl adjacent to an activating group) is 1. The SMILES string of the molecule is CCSCCN(C)CC(O)CN1CCOCC1. The summed E-state index contributed by atoms with van der Waals surface area (Å²) >= 11 is 1.95. The summed E-state index contributed by atoms with van der Waals surface area (Å²) in [6.07, 6.45) is -0.246. The quantitative estimate of drug-likeness (QED) is 0.639. The van der Waals surface area contributed by atoms with Crippen molar-refractivity contribution in [1.82, 2.24) is 9.80 Å². The summed E-state index contributed by atoms with van der Waals surface area (Å²) in [5.74, 6) is 2.32. The third-order valence-electron chi connectivity index (χ3n) is 2.92. The van der Waals surface area contributed by atoms with Gasteiger partial charge in [0.25, 0.3) is 0 Å². The fraction of sp³-hybridized carbons (Fsp3) is 1.00. The van der Waals surface area contributed by atoms with Crippen molar-refractivity contribution in [3.05, 3.63) is 0 Å². The molecule has 1 aliphatic heterocycles. The lowest BCUT2D eigenvalue weighted by Crippen LogP contribution is -2.44. The van der Waals surface area contributed by atoms with E-state index in [9.17, 15) is 5.11 Å².